The van der Waals surface area contributed by atoms with Gasteiger partial charge in [0, 0.05) is 35.4 Å². The van der Waals surface area contributed by atoms with Gasteiger partial charge in [-0.1, -0.05) is 23.7 Å². The molecule has 0 aliphatic carbocycles. The van der Waals surface area contributed by atoms with Crippen LogP contribution in [0.15, 0.2) is 53.3 Å². The van der Waals surface area contributed by atoms with Crippen LogP contribution in [0.1, 0.15) is 29.8 Å². The van der Waals surface area contributed by atoms with Gasteiger partial charge in [-0.2, -0.15) is 0 Å². The number of carbonyl (C=O) groups is 1. The van der Waals surface area contributed by atoms with Gasteiger partial charge in [-0.25, -0.2) is 0 Å². The maximum absolute atomic E-state index is 12.3. The van der Waals surface area contributed by atoms with E-state index < -0.39 is 0 Å². The molecule has 0 atom stereocenters. The first-order chi connectivity index (χ1) is 13.5. The summed E-state index contributed by atoms with van der Waals surface area (Å²) in [5, 5.41) is 0.574. The molecule has 0 aliphatic heterocycles. The highest BCUT2D eigenvalue weighted by molar-refractivity contribution is 7.07. The second kappa shape index (κ2) is 9.04. The maximum Gasteiger partial charge on any atom is 0.266 e. The Kier molecular flexibility index (Phi) is 6.49. The molecule has 0 saturated carbocycles. The smallest absolute Gasteiger partial charge is 0.266 e. The molecule has 1 heterocycles. The molecule has 0 bridgehead atoms. The van der Waals surface area contributed by atoms with Gasteiger partial charge in [-0.15, -0.1) is 11.3 Å². The fraction of sp³-hybridized carbons (Fsp3) is 0.182. The van der Waals surface area contributed by atoms with Crippen LogP contribution in [-0.4, -0.2) is 23.9 Å². The molecule has 0 saturated heterocycles. The van der Waals surface area contributed by atoms with Gasteiger partial charge in [0.05, 0.1) is 9.20 Å². The first kappa shape index (κ1) is 20.1. The van der Waals surface area contributed by atoms with E-state index >= 15 is 0 Å². The maximum atomic E-state index is 12.3. The molecule has 0 fully saturated rings. The Hall–Kier alpha value is -2.63. The number of hydrogen-bond acceptors (Lipinski definition) is 4. The molecule has 3 rings (SSSR count). The highest BCUT2D eigenvalue weighted by Gasteiger charge is 2.04. The molecule has 4 nitrogen and oxygen atoms in total. The minimum absolute atomic E-state index is 0.177. The normalized spacial score (nSPS) is 12.4. The number of nitrogens with one attached hydrogen (secondary N) is 1. The van der Waals surface area contributed by atoms with Crippen molar-refractivity contribution in [1.82, 2.24) is 4.98 Å². The second-order valence-corrected chi connectivity index (χ2v) is 7.73. The molecule has 0 amide bonds. The second-order valence-electron chi connectivity index (χ2n) is 6.21. The predicted octanol–water partition coefficient (Wildman–Crippen LogP) is 3.43. The van der Waals surface area contributed by atoms with Crippen LogP contribution in [0.4, 0.5) is 5.69 Å². The Balaban J connectivity index is 1.88. The van der Waals surface area contributed by atoms with E-state index in [2.05, 4.69) is 35.9 Å². The Morgan fingerprint density at radius 1 is 1.07 bits per heavy atom. The standard InChI is InChI=1S/C22H21ClN2O2S/c1-3-25(4-2)18-11-5-15(6-12-18)13-20-22(27)24-21(28-20)14-19(26)16-7-9-17(23)10-8-16/h5-14H,3-4H2,1-2H3,(H,24,27)/b20-13-,21-14-. The fourth-order valence-corrected chi connectivity index (χ4v) is 3.87. The number of hydrogen-bond donors (Lipinski definition) is 1. The first-order valence-corrected chi connectivity index (χ1v) is 10.3. The van der Waals surface area contributed by atoms with E-state index in [4.69, 9.17) is 11.6 Å². The molecule has 2 aromatic carbocycles. The van der Waals surface area contributed by atoms with Gasteiger partial charge in [0.15, 0.2) is 5.78 Å². The zero-order valence-electron chi connectivity index (χ0n) is 15.7. The van der Waals surface area contributed by atoms with Crippen molar-refractivity contribution >= 4 is 46.6 Å². The number of carbonyl (C=O) groups excluding carboxylic acids is 1. The molecule has 0 unspecified atom stereocenters. The van der Waals surface area contributed by atoms with Gasteiger partial charge in [0.2, 0.25) is 0 Å². The lowest BCUT2D eigenvalue weighted by atomic mass is 10.1. The molecule has 1 aromatic heterocycles. The highest BCUT2D eigenvalue weighted by atomic mass is 35.5. The van der Waals surface area contributed by atoms with Crippen LogP contribution >= 0.6 is 22.9 Å². The van der Waals surface area contributed by atoms with Gasteiger partial charge in [0.1, 0.15) is 0 Å². The van der Waals surface area contributed by atoms with Crippen molar-refractivity contribution in [1.29, 1.82) is 0 Å². The quantitative estimate of drug-likeness (QED) is 0.631. The minimum Gasteiger partial charge on any atom is -0.372 e. The molecule has 3 aromatic rings. The van der Waals surface area contributed by atoms with E-state index in [9.17, 15) is 9.59 Å². The van der Waals surface area contributed by atoms with Crippen LogP contribution in [0.2, 0.25) is 5.02 Å². The third-order valence-corrected chi connectivity index (χ3v) is 5.61. The number of thiazole rings is 1. The van der Waals surface area contributed by atoms with Crippen LogP contribution in [0.3, 0.4) is 0 Å². The van der Waals surface area contributed by atoms with Gasteiger partial charge in [0.25, 0.3) is 5.56 Å². The van der Waals surface area contributed by atoms with Crippen LogP contribution in [0.25, 0.3) is 12.2 Å². The van der Waals surface area contributed by atoms with Crippen molar-refractivity contribution in [3.05, 3.63) is 84.2 Å². The molecule has 1 N–H and O–H groups in total. The fourth-order valence-electron chi connectivity index (χ4n) is 2.86. The summed E-state index contributed by atoms with van der Waals surface area (Å²) >= 11 is 7.11. The molecule has 0 radical (unpaired) electrons. The molecule has 6 heteroatoms. The van der Waals surface area contributed by atoms with E-state index in [0.29, 0.717) is 19.8 Å². The van der Waals surface area contributed by atoms with Gasteiger partial charge in [-0.05, 0) is 61.9 Å². The van der Waals surface area contributed by atoms with E-state index in [1.54, 1.807) is 24.3 Å². The summed E-state index contributed by atoms with van der Waals surface area (Å²) < 4.78 is 1.08. The van der Waals surface area contributed by atoms with Crippen molar-refractivity contribution in [3.63, 3.8) is 0 Å². The first-order valence-electron chi connectivity index (χ1n) is 9.07. The number of anilines is 1. The van der Waals surface area contributed by atoms with Crippen LogP contribution in [0.5, 0.6) is 0 Å². The SMILES string of the molecule is CCN(CC)c1ccc(/C=c2\s/c(=C\C(=O)c3ccc(Cl)cc3)[nH]c2=O)cc1. The number of halogens is 1. The molecule has 0 aliphatic rings. The summed E-state index contributed by atoms with van der Waals surface area (Å²) in [6.07, 6.45) is 3.27. The number of Topliss-reactive ketones (excluding diaryl/α,β-unsaturated/α-hetero) is 1. The predicted molar refractivity (Wildman–Crippen MR) is 118 cm³/mol. The topological polar surface area (TPSA) is 53.2 Å². The minimum atomic E-state index is -0.201. The number of H-pyrrole nitrogens is 1. The summed E-state index contributed by atoms with van der Waals surface area (Å²) in [5.74, 6) is -0.177. The van der Waals surface area contributed by atoms with Crippen LogP contribution in [0, 0.1) is 0 Å². The van der Waals surface area contributed by atoms with Crippen molar-refractivity contribution < 1.29 is 4.79 Å². The number of nitrogens with zero attached hydrogens (tertiary/aromatic N) is 1. The van der Waals surface area contributed by atoms with Crippen LogP contribution in [-0.2, 0) is 0 Å². The average Bonchev–Trinajstić information content (AvgIpc) is 3.03. The Morgan fingerprint density at radius 2 is 1.71 bits per heavy atom. The Morgan fingerprint density at radius 3 is 2.32 bits per heavy atom. The van der Waals surface area contributed by atoms with Crippen molar-refractivity contribution in [2.75, 3.05) is 18.0 Å². The Bertz CT molecular complexity index is 1130. The van der Waals surface area contributed by atoms with Gasteiger partial charge < -0.3 is 9.88 Å². The van der Waals surface area contributed by atoms with Crippen molar-refractivity contribution in [3.8, 4) is 0 Å². The summed E-state index contributed by atoms with van der Waals surface area (Å²) in [6, 6.07) is 14.8. The monoisotopic (exact) mass is 412 g/mol. The largest absolute Gasteiger partial charge is 0.372 e. The molecular weight excluding hydrogens is 392 g/mol. The summed E-state index contributed by atoms with van der Waals surface area (Å²) in [7, 11) is 0. The van der Waals surface area contributed by atoms with E-state index in [-0.39, 0.29) is 11.3 Å². The summed E-state index contributed by atoms with van der Waals surface area (Å²) in [6.45, 7) is 6.15. The van der Waals surface area contributed by atoms with Gasteiger partial charge in [-0.3, -0.25) is 9.59 Å². The lowest BCUT2D eigenvalue weighted by molar-refractivity contribution is 0.106. The zero-order valence-corrected chi connectivity index (χ0v) is 17.3. The van der Waals surface area contributed by atoms with Gasteiger partial charge >= 0.3 is 0 Å². The zero-order chi connectivity index (χ0) is 20.1. The number of aromatic amines is 1. The Labute approximate surface area is 172 Å². The lowest BCUT2D eigenvalue weighted by Gasteiger charge is -2.20. The molecule has 144 valence electrons. The third kappa shape index (κ3) is 4.80. The molecule has 28 heavy (non-hydrogen) atoms. The third-order valence-electron chi connectivity index (χ3n) is 4.39. The number of rotatable bonds is 6. The highest BCUT2D eigenvalue weighted by Crippen LogP contribution is 2.15. The number of benzene rings is 2. The molecule has 0 spiro atoms. The summed E-state index contributed by atoms with van der Waals surface area (Å²) in [4.78, 5) is 29.6. The molecular formula is C22H21ClN2O2S. The van der Waals surface area contributed by atoms with Crippen molar-refractivity contribution in [2.24, 2.45) is 0 Å². The number of ketones is 1. The average molecular weight is 413 g/mol. The van der Waals surface area contributed by atoms with E-state index in [1.807, 2.05) is 18.2 Å². The lowest BCUT2D eigenvalue weighted by Crippen LogP contribution is -2.21. The summed E-state index contributed by atoms with van der Waals surface area (Å²) in [5.41, 5.74) is 2.42. The van der Waals surface area contributed by atoms with E-state index in [1.165, 1.54) is 17.4 Å². The van der Waals surface area contributed by atoms with Crippen molar-refractivity contribution in [2.45, 2.75) is 13.8 Å². The number of aromatic nitrogens is 1. The van der Waals surface area contributed by atoms with E-state index in [0.717, 1.165) is 24.3 Å². The van der Waals surface area contributed by atoms with Crippen LogP contribution < -0.4 is 19.7 Å².